The number of nitrogens with one attached hydrogen (secondary N) is 1. The Balaban J connectivity index is 2.25. The lowest BCUT2D eigenvalue weighted by atomic mass is 9.80. The van der Waals surface area contributed by atoms with Crippen LogP contribution in [0.5, 0.6) is 5.75 Å². The van der Waals surface area contributed by atoms with Gasteiger partial charge in [-0.25, -0.2) is 0 Å². The van der Waals surface area contributed by atoms with Crippen LogP contribution in [0.2, 0.25) is 0 Å². The standard InChI is InChI=1S/C18H29NO2/c1-4-21-18(14-10-6-5-7-11-14)17(19-2)15-12-8-9-13-16(15)20-3/h8-9,12-14,17-19H,4-7,10-11H2,1-3H3. The Bertz CT molecular complexity index is 415. The Kier molecular flexibility index (Phi) is 6.52. The molecular weight excluding hydrogens is 262 g/mol. The normalized spacial score (nSPS) is 19.2. The van der Waals surface area contributed by atoms with Crippen molar-refractivity contribution < 1.29 is 9.47 Å². The van der Waals surface area contributed by atoms with Crippen molar-refractivity contribution in [2.24, 2.45) is 5.92 Å². The SMILES string of the molecule is CCOC(C1CCCCC1)C(NC)c1ccccc1OC. The first kappa shape index (κ1) is 16.3. The summed E-state index contributed by atoms with van der Waals surface area (Å²) in [4.78, 5) is 0. The predicted molar refractivity (Wildman–Crippen MR) is 86.8 cm³/mol. The highest BCUT2D eigenvalue weighted by Crippen LogP contribution is 2.36. The molecule has 2 atom stereocenters. The molecular formula is C18H29NO2. The monoisotopic (exact) mass is 291 g/mol. The number of hydrogen-bond acceptors (Lipinski definition) is 3. The molecule has 2 unspecified atom stereocenters. The second-order valence-electron chi connectivity index (χ2n) is 5.83. The Labute approximate surface area is 129 Å². The van der Waals surface area contributed by atoms with E-state index in [1.807, 2.05) is 19.2 Å². The molecule has 1 aliphatic rings. The first-order chi connectivity index (χ1) is 10.3. The third-order valence-corrected chi connectivity index (χ3v) is 4.59. The molecule has 0 aromatic heterocycles. The molecule has 2 rings (SSSR count). The molecule has 0 spiro atoms. The summed E-state index contributed by atoms with van der Waals surface area (Å²) in [5, 5.41) is 3.47. The highest BCUT2D eigenvalue weighted by atomic mass is 16.5. The Hall–Kier alpha value is -1.06. The van der Waals surface area contributed by atoms with Crippen molar-refractivity contribution >= 4 is 0 Å². The molecule has 1 saturated carbocycles. The number of methoxy groups -OCH3 is 1. The van der Waals surface area contributed by atoms with E-state index in [2.05, 4.69) is 24.4 Å². The van der Waals surface area contributed by atoms with Crippen LogP contribution in [0.25, 0.3) is 0 Å². The Morgan fingerprint density at radius 1 is 1.19 bits per heavy atom. The molecule has 1 aromatic carbocycles. The highest BCUT2D eigenvalue weighted by Gasteiger charge is 2.32. The van der Waals surface area contributed by atoms with Gasteiger partial charge in [0.15, 0.2) is 0 Å². The molecule has 3 heteroatoms. The van der Waals surface area contributed by atoms with E-state index in [9.17, 15) is 0 Å². The fraction of sp³-hybridized carbons (Fsp3) is 0.667. The molecule has 1 N–H and O–H groups in total. The molecule has 1 aromatic rings. The molecule has 0 heterocycles. The maximum absolute atomic E-state index is 6.17. The van der Waals surface area contributed by atoms with Crippen LogP contribution >= 0.6 is 0 Å². The minimum atomic E-state index is 0.184. The topological polar surface area (TPSA) is 30.5 Å². The van der Waals surface area contributed by atoms with Crippen LogP contribution in [0, 0.1) is 5.92 Å². The fourth-order valence-electron chi connectivity index (χ4n) is 3.58. The Morgan fingerprint density at radius 3 is 2.52 bits per heavy atom. The summed E-state index contributed by atoms with van der Waals surface area (Å²) in [7, 11) is 3.76. The van der Waals surface area contributed by atoms with Crippen molar-refractivity contribution in [1.29, 1.82) is 0 Å². The van der Waals surface area contributed by atoms with E-state index in [-0.39, 0.29) is 12.1 Å². The molecule has 0 saturated heterocycles. The largest absolute Gasteiger partial charge is 0.496 e. The summed E-state index contributed by atoms with van der Waals surface area (Å²) < 4.78 is 11.7. The van der Waals surface area contributed by atoms with Gasteiger partial charge in [0.1, 0.15) is 5.75 Å². The second kappa shape index (κ2) is 8.40. The number of ether oxygens (including phenoxy) is 2. The van der Waals surface area contributed by atoms with Gasteiger partial charge in [-0.15, -0.1) is 0 Å². The van der Waals surface area contributed by atoms with Gasteiger partial charge in [-0.3, -0.25) is 0 Å². The van der Waals surface area contributed by atoms with Crippen molar-refractivity contribution in [1.82, 2.24) is 5.32 Å². The van der Waals surface area contributed by atoms with E-state index in [1.165, 1.54) is 37.7 Å². The third kappa shape index (κ3) is 3.98. The zero-order chi connectivity index (χ0) is 15.1. The van der Waals surface area contributed by atoms with Crippen LogP contribution in [0.3, 0.4) is 0 Å². The van der Waals surface area contributed by atoms with Gasteiger partial charge in [0.05, 0.1) is 19.3 Å². The average molecular weight is 291 g/mol. The fourth-order valence-corrected chi connectivity index (χ4v) is 3.58. The number of likely N-dealkylation sites (N-methyl/N-ethyl adjacent to an activating group) is 1. The zero-order valence-corrected chi connectivity index (χ0v) is 13.6. The molecule has 1 aliphatic carbocycles. The van der Waals surface area contributed by atoms with Gasteiger partial charge in [0.2, 0.25) is 0 Å². The number of rotatable bonds is 7. The third-order valence-electron chi connectivity index (χ3n) is 4.59. The van der Waals surface area contributed by atoms with Crippen LogP contribution in [-0.2, 0) is 4.74 Å². The van der Waals surface area contributed by atoms with Crippen LogP contribution < -0.4 is 10.1 Å². The smallest absolute Gasteiger partial charge is 0.123 e. The maximum Gasteiger partial charge on any atom is 0.123 e. The summed E-state index contributed by atoms with van der Waals surface area (Å²) in [6.07, 6.45) is 6.80. The molecule has 3 nitrogen and oxygen atoms in total. The lowest BCUT2D eigenvalue weighted by Gasteiger charge is -2.36. The summed E-state index contributed by atoms with van der Waals surface area (Å²) in [6.45, 7) is 2.85. The molecule has 0 amide bonds. The van der Waals surface area contributed by atoms with E-state index in [0.717, 1.165) is 12.4 Å². The van der Waals surface area contributed by atoms with Gasteiger partial charge in [0, 0.05) is 12.2 Å². The number of para-hydroxylation sites is 1. The van der Waals surface area contributed by atoms with Gasteiger partial charge >= 0.3 is 0 Å². The predicted octanol–water partition coefficient (Wildman–Crippen LogP) is 3.94. The van der Waals surface area contributed by atoms with Crippen LogP contribution in [-0.4, -0.2) is 26.9 Å². The summed E-state index contributed by atoms with van der Waals surface area (Å²) in [5.41, 5.74) is 1.20. The number of hydrogen-bond donors (Lipinski definition) is 1. The summed E-state index contributed by atoms with van der Waals surface area (Å²) >= 11 is 0. The van der Waals surface area contributed by atoms with Crippen molar-refractivity contribution in [3.8, 4) is 5.75 Å². The molecule has 0 radical (unpaired) electrons. The first-order valence-corrected chi connectivity index (χ1v) is 8.23. The molecule has 1 fully saturated rings. The minimum Gasteiger partial charge on any atom is -0.496 e. The molecule has 21 heavy (non-hydrogen) atoms. The molecule has 118 valence electrons. The highest BCUT2D eigenvalue weighted by molar-refractivity contribution is 5.36. The van der Waals surface area contributed by atoms with Crippen molar-refractivity contribution in [3.05, 3.63) is 29.8 Å². The first-order valence-electron chi connectivity index (χ1n) is 8.23. The van der Waals surface area contributed by atoms with E-state index in [0.29, 0.717) is 5.92 Å². The minimum absolute atomic E-state index is 0.184. The quantitative estimate of drug-likeness (QED) is 0.825. The average Bonchev–Trinajstić information content (AvgIpc) is 2.56. The second-order valence-corrected chi connectivity index (χ2v) is 5.83. The van der Waals surface area contributed by atoms with Crippen molar-refractivity contribution in [2.45, 2.75) is 51.2 Å². The number of benzene rings is 1. The zero-order valence-electron chi connectivity index (χ0n) is 13.6. The van der Waals surface area contributed by atoms with Gasteiger partial charge in [-0.05, 0) is 38.8 Å². The van der Waals surface area contributed by atoms with E-state index >= 15 is 0 Å². The Morgan fingerprint density at radius 2 is 1.90 bits per heavy atom. The summed E-state index contributed by atoms with van der Waals surface area (Å²) in [5.74, 6) is 1.58. The molecule has 0 aliphatic heterocycles. The van der Waals surface area contributed by atoms with Crippen LogP contribution in [0.15, 0.2) is 24.3 Å². The van der Waals surface area contributed by atoms with Gasteiger partial charge in [-0.2, -0.15) is 0 Å². The molecule has 0 bridgehead atoms. The van der Waals surface area contributed by atoms with Gasteiger partial charge in [-0.1, -0.05) is 37.5 Å². The van der Waals surface area contributed by atoms with Crippen molar-refractivity contribution in [2.75, 3.05) is 20.8 Å². The van der Waals surface area contributed by atoms with Crippen molar-refractivity contribution in [3.63, 3.8) is 0 Å². The van der Waals surface area contributed by atoms with E-state index < -0.39 is 0 Å². The van der Waals surface area contributed by atoms with Gasteiger partial charge < -0.3 is 14.8 Å². The van der Waals surface area contributed by atoms with Crippen LogP contribution in [0.1, 0.15) is 50.6 Å². The van der Waals surface area contributed by atoms with E-state index in [4.69, 9.17) is 9.47 Å². The maximum atomic E-state index is 6.17. The summed E-state index contributed by atoms with van der Waals surface area (Å²) in [6, 6.07) is 8.46. The van der Waals surface area contributed by atoms with Crippen LogP contribution in [0.4, 0.5) is 0 Å². The lowest BCUT2D eigenvalue weighted by Crippen LogP contribution is -2.38. The lowest BCUT2D eigenvalue weighted by molar-refractivity contribution is -0.0172. The van der Waals surface area contributed by atoms with E-state index in [1.54, 1.807) is 7.11 Å². The van der Waals surface area contributed by atoms with Gasteiger partial charge in [0.25, 0.3) is 0 Å².